The number of halogens is 2. The van der Waals surface area contributed by atoms with Crippen molar-refractivity contribution in [2.75, 3.05) is 13.0 Å². The molecule has 0 saturated carbocycles. The maximum Gasteiger partial charge on any atom is 0.210 e. The predicted molar refractivity (Wildman–Crippen MR) is 101 cm³/mol. The molecule has 0 saturated heterocycles. The Morgan fingerprint density at radius 1 is 1.12 bits per heavy atom. The normalized spacial score (nSPS) is 10.7. The molecule has 0 bridgehead atoms. The number of thioether (sulfide) groups is 1. The van der Waals surface area contributed by atoms with Gasteiger partial charge >= 0.3 is 0 Å². The number of hydrogen-bond acceptors (Lipinski definition) is 7. The number of rotatable bonds is 7. The van der Waals surface area contributed by atoms with E-state index in [2.05, 4.69) is 15.2 Å². The van der Waals surface area contributed by atoms with E-state index < -0.39 is 0 Å². The van der Waals surface area contributed by atoms with Gasteiger partial charge in [0, 0.05) is 11.8 Å². The Kier molecular flexibility index (Phi) is 6.08. The predicted octanol–water partition coefficient (Wildman–Crippen LogP) is 3.57. The molecule has 0 fully saturated rings. The summed E-state index contributed by atoms with van der Waals surface area (Å²) in [6, 6.07) is 10.8. The van der Waals surface area contributed by atoms with Crippen LogP contribution in [0, 0.1) is 0 Å². The number of nitrogens with zero attached hydrogens (tertiary/aromatic N) is 4. The Labute approximate surface area is 164 Å². The number of aromatic nitrogens is 4. The number of benzene rings is 1. The number of nitrogen functional groups attached to an aromatic ring is 1. The van der Waals surface area contributed by atoms with Gasteiger partial charge in [-0.15, -0.1) is 10.2 Å². The van der Waals surface area contributed by atoms with E-state index in [-0.39, 0.29) is 6.61 Å². The second-order valence-electron chi connectivity index (χ2n) is 5.15. The van der Waals surface area contributed by atoms with E-state index in [9.17, 15) is 0 Å². The minimum absolute atomic E-state index is 0.185. The van der Waals surface area contributed by atoms with Gasteiger partial charge in [0.2, 0.25) is 5.16 Å². The molecule has 3 rings (SSSR count). The molecule has 0 aliphatic heterocycles. The SMILES string of the molecule is COc1cccc(OCc2nnc(SCc3cc(Cl)nc(Cl)c3)n2N)c1. The first-order valence-electron chi connectivity index (χ1n) is 7.46. The Bertz CT molecular complexity index is 886. The van der Waals surface area contributed by atoms with Gasteiger partial charge in [-0.25, -0.2) is 9.66 Å². The van der Waals surface area contributed by atoms with Crippen LogP contribution in [0.4, 0.5) is 0 Å². The maximum atomic E-state index is 6.05. The van der Waals surface area contributed by atoms with Gasteiger partial charge in [0.25, 0.3) is 0 Å². The first-order valence-corrected chi connectivity index (χ1v) is 9.20. The third-order valence-electron chi connectivity index (χ3n) is 3.33. The summed E-state index contributed by atoms with van der Waals surface area (Å²) in [7, 11) is 1.60. The minimum Gasteiger partial charge on any atom is -0.497 e. The molecule has 0 aliphatic carbocycles. The van der Waals surface area contributed by atoms with Crippen LogP contribution in [0.15, 0.2) is 41.6 Å². The zero-order valence-corrected chi connectivity index (χ0v) is 16.1. The third kappa shape index (κ3) is 4.72. The highest BCUT2D eigenvalue weighted by Crippen LogP contribution is 2.24. The quantitative estimate of drug-likeness (QED) is 0.361. The lowest BCUT2D eigenvalue weighted by atomic mass is 10.3. The lowest BCUT2D eigenvalue weighted by molar-refractivity contribution is 0.289. The van der Waals surface area contributed by atoms with Gasteiger partial charge in [0.15, 0.2) is 5.82 Å². The van der Waals surface area contributed by atoms with Crippen LogP contribution in [-0.4, -0.2) is 27.0 Å². The molecule has 2 aromatic heterocycles. The van der Waals surface area contributed by atoms with Crippen LogP contribution in [0.3, 0.4) is 0 Å². The summed E-state index contributed by atoms with van der Waals surface area (Å²) in [4.78, 5) is 3.91. The van der Waals surface area contributed by atoms with Crippen molar-refractivity contribution in [2.24, 2.45) is 0 Å². The molecule has 0 amide bonds. The molecule has 1 aromatic carbocycles. The monoisotopic (exact) mass is 411 g/mol. The van der Waals surface area contributed by atoms with Crippen LogP contribution < -0.4 is 15.3 Å². The zero-order valence-electron chi connectivity index (χ0n) is 13.7. The molecule has 0 spiro atoms. The topological polar surface area (TPSA) is 88.1 Å². The van der Waals surface area contributed by atoms with Crippen molar-refractivity contribution in [3.8, 4) is 11.5 Å². The Morgan fingerprint density at radius 2 is 1.85 bits per heavy atom. The van der Waals surface area contributed by atoms with Crippen molar-refractivity contribution in [3.63, 3.8) is 0 Å². The molecule has 0 atom stereocenters. The van der Waals surface area contributed by atoms with Crippen LogP contribution in [0.1, 0.15) is 11.4 Å². The minimum atomic E-state index is 0.185. The fraction of sp³-hybridized carbons (Fsp3) is 0.188. The molecule has 7 nitrogen and oxygen atoms in total. The Balaban J connectivity index is 1.62. The van der Waals surface area contributed by atoms with E-state index in [0.29, 0.717) is 38.5 Å². The van der Waals surface area contributed by atoms with Crippen molar-refractivity contribution in [1.82, 2.24) is 19.9 Å². The average molecular weight is 412 g/mol. The highest BCUT2D eigenvalue weighted by Gasteiger charge is 2.12. The highest BCUT2D eigenvalue weighted by atomic mass is 35.5. The van der Waals surface area contributed by atoms with Gasteiger partial charge in [0.1, 0.15) is 28.4 Å². The largest absolute Gasteiger partial charge is 0.497 e. The van der Waals surface area contributed by atoms with Gasteiger partial charge in [0.05, 0.1) is 7.11 Å². The lowest BCUT2D eigenvalue weighted by Gasteiger charge is -2.08. The molecule has 10 heteroatoms. The standard InChI is InChI=1S/C16H15Cl2N5O2S/c1-24-11-3-2-4-12(7-11)25-8-15-21-22-16(23(15)19)26-9-10-5-13(17)20-14(18)6-10/h2-7H,8-9,19H2,1H3. The summed E-state index contributed by atoms with van der Waals surface area (Å²) in [5, 5.41) is 9.39. The van der Waals surface area contributed by atoms with Crippen molar-refractivity contribution < 1.29 is 9.47 Å². The molecule has 2 N–H and O–H groups in total. The lowest BCUT2D eigenvalue weighted by Crippen LogP contribution is -2.15. The van der Waals surface area contributed by atoms with E-state index >= 15 is 0 Å². The van der Waals surface area contributed by atoms with Crippen molar-refractivity contribution in [3.05, 3.63) is 58.1 Å². The van der Waals surface area contributed by atoms with E-state index in [4.69, 9.17) is 38.5 Å². The molecule has 2 heterocycles. The summed E-state index contributed by atoms with van der Waals surface area (Å²) in [6.45, 7) is 0.185. The number of hydrogen-bond donors (Lipinski definition) is 1. The first kappa shape index (κ1) is 18.6. The molecule has 136 valence electrons. The van der Waals surface area contributed by atoms with E-state index in [1.54, 1.807) is 25.3 Å². The van der Waals surface area contributed by atoms with Crippen LogP contribution >= 0.6 is 35.0 Å². The number of nitrogens with two attached hydrogens (primary N) is 1. The first-order chi connectivity index (χ1) is 12.5. The molecule has 0 radical (unpaired) electrons. The smallest absolute Gasteiger partial charge is 0.210 e. The number of methoxy groups -OCH3 is 1. The zero-order chi connectivity index (χ0) is 18.5. The fourth-order valence-corrected chi connectivity index (χ4v) is 3.40. The number of pyridine rings is 1. The van der Waals surface area contributed by atoms with Crippen molar-refractivity contribution >= 4 is 35.0 Å². The number of ether oxygens (including phenoxy) is 2. The molecule has 3 aromatic rings. The summed E-state index contributed by atoms with van der Waals surface area (Å²) in [5.74, 6) is 8.49. The summed E-state index contributed by atoms with van der Waals surface area (Å²) in [6.07, 6.45) is 0. The molecule has 0 aliphatic rings. The fourth-order valence-electron chi connectivity index (χ4n) is 2.09. The van der Waals surface area contributed by atoms with Gasteiger partial charge in [-0.1, -0.05) is 41.0 Å². The Morgan fingerprint density at radius 3 is 2.58 bits per heavy atom. The van der Waals surface area contributed by atoms with Gasteiger partial charge in [-0.05, 0) is 29.8 Å². The second-order valence-corrected chi connectivity index (χ2v) is 6.86. The summed E-state index contributed by atoms with van der Waals surface area (Å²) >= 11 is 13.2. The highest BCUT2D eigenvalue weighted by molar-refractivity contribution is 7.98. The molecular weight excluding hydrogens is 397 g/mol. The van der Waals surface area contributed by atoms with Crippen LogP contribution in [0.2, 0.25) is 10.3 Å². The van der Waals surface area contributed by atoms with Crippen LogP contribution in [0.25, 0.3) is 0 Å². The van der Waals surface area contributed by atoms with Crippen molar-refractivity contribution in [2.45, 2.75) is 17.5 Å². The van der Waals surface area contributed by atoms with E-state index in [1.807, 2.05) is 18.2 Å². The van der Waals surface area contributed by atoms with Crippen molar-refractivity contribution in [1.29, 1.82) is 0 Å². The van der Waals surface area contributed by atoms with Crippen LogP contribution in [0.5, 0.6) is 11.5 Å². The summed E-state index contributed by atoms with van der Waals surface area (Å²) < 4.78 is 12.2. The van der Waals surface area contributed by atoms with E-state index in [1.165, 1.54) is 16.4 Å². The van der Waals surface area contributed by atoms with Crippen LogP contribution in [-0.2, 0) is 12.4 Å². The molecular formula is C16H15Cl2N5O2S. The second kappa shape index (κ2) is 8.48. The van der Waals surface area contributed by atoms with Gasteiger partial charge < -0.3 is 15.3 Å². The summed E-state index contributed by atoms with van der Waals surface area (Å²) in [5.41, 5.74) is 0.914. The maximum absolute atomic E-state index is 6.05. The van der Waals surface area contributed by atoms with E-state index in [0.717, 1.165) is 5.56 Å². The molecule has 26 heavy (non-hydrogen) atoms. The Hall–Kier alpha value is -2.16. The molecule has 0 unspecified atom stereocenters. The van der Waals surface area contributed by atoms with Gasteiger partial charge in [-0.2, -0.15) is 0 Å². The van der Waals surface area contributed by atoms with Gasteiger partial charge in [-0.3, -0.25) is 0 Å². The average Bonchev–Trinajstić information content (AvgIpc) is 2.97. The third-order valence-corrected chi connectivity index (χ3v) is 4.74.